The van der Waals surface area contributed by atoms with Crippen LogP contribution in [0.2, 0.25) is 0 Å². The van der Waals surface area contributed by atoms with Crippen molar-refractivity contribution in [1.29, 1.82) is 0 Å². The minimum absolute atomic E-state index is 0.122. The van der Waals surface area contributed by atoms with Crippen LogP contribution in [0.3, 0.4) is 0 Å². The molecule has 0 fully saturated rings. The predicted octanol–water partition coefficient (Wildman–Crippen LogP) is 0.847. The molecule has 0 spiro atoms. The maximum Gasteiger partial charge on any atom is 0.239 e. The van der Waals surface area contributed by atoms with Crippen LogP contribution in [-0.2, 0) is 14.3 Å². The van der Waals surface area contributed by atoms with E-state index in [-0.39, 0.29) is 30.2 Å². The lowest BCUT2D eigenvalue weighted by Crippen LogP contribution is -2.53. The fraction of sp³-hybridized carbons (Fsp3) is 0.867. The molecule has 7 heteroatoms. The molecule has 0 aliphatic rings. The van der Waals surface area contributed by atoms with Crippen LogP contribution in [0.1, 0.15) is 48.5 Å². The molecule has 3 atom stereocenters. The Balaban J connectivity index is 4.27. The van der Waals surface area contributed by atoms with Crippen LogP contribution in [-0.4, -0.2) is 46.9 Å². The number of carbonyl (C=O) groups is 2. The summed E-state index contributed by atoms with van der Waals surface area (Å²) in [6.07, 6.45) is -0.140. The van der Waals surface area contributed by atoms with Gasteiger partial charge in [-0.25, -0.2) is 0 Å². The predicted molar refractivity (Wildman–Crippen MR) is 92.0 cm³/mol. The lowest BCUT2D eigenvalue weighted by Gasteiger charge is -2.29. The number of hydrogen-bond donors (Lipinski definition) is 4. The highest BCUT2D eigenvalue weighted by atomic mass is 32.1. The Morgan fingerprint density at radius 2 is 1.68 bits per heavy atom. The van der Waals surface area contributed by atoms with E-state index in [9.17, 15) is 9.59 Å². The third-order valence-electron chi connectivity index (χ3n) is 3.10. The van der Waals surface area contributed by atoms with Crippen LogP contribution in [0.25, 0.3) is 0 Å². The molecule has 0 rings (SSSR count). The van der Waals surface area contributed by atoms with Crippen molar-refractivity contribution in [2.75, 3.05) is 6.54 Å². The summed E-state index contributed by atoms with van der Waals surface area (Å²) >= 11 is 4.25. The van der Waals surface area contributed by atoms with E-state index in [4.69, 9.17) is 10.5 Å². The van der Waals surface area contributed by atoms with E-state index in [0.29, 0.717) is 0 Å². The first-order chi connectivity index (χ1) is 9.74. The molecule has 22 heavy (non-hydrogen) atoms. The Kier molecular flexibility index (Phi) is 7.88. The number of ether oxygens (including phenoxy) is 1. The average molecular weight is 333 g/mol. The second-order valence-electron chi connectivity index (χ2n) is 7.14. The fourth-order valence-electron chi connectivity index (χ4n) is 1.68. The van der Waals surface area contributed by atoms with Gasteiger partial charge in [-0.3, -0.25) is 9.59 Å². The summed E-state index contributed by atoms with van der Waals surface area (Å²) in [5.74, 6) is -0.684. The standard InChI is InChI=1S/C15H31N3O3S/c1-9(10(2)21-14(3,4)5)18-11(19)8-17-13(20)12(16)15(6,7)22/h9-10,12,22H,8,16H2,1-7H3,(H,17,20)(H,18,19). The number of thiol groups is 1. The highest BCUT2D eigenvalue weighted by Crippen LogP contribution is 2.15. The van der Waals surface area contributed by atoms with Crippen LogP contribution in [0.15, 0.2) is 0 Å². The van der Waals surface area contributed by atoms with Crippen molar-refractivity contribution in [2.24, 2.45) is 5.73 Å². The maximum absolute atomic E-state index is 11.9. The van der Waals surface area contributed by atoms with Gasteiger partial charge in [-0.2, -0.15) is 12.6 Å². The molecule has 0 radical (unpaired) electrons. The zero-order valence-corrected chi connectivity index (χ0v) is 15.6. The Morgan fingerprint density at radius 1 is 1.18 bits per heavy atom. The van der Waals surface area contributed by atoms with Crippen molar-refractivity contribution in [3.05, 3.63) is 0 Å². The third-order valence-corrected chi connectivity index (χ3v) is 3.38. The quantitative estimate of drug-likeness (QED) is 0.520. The number of hydrogen-bond acceptors (Lipinski definition) is 5. The largest absolute Gasteiger partial charge is 0.371 e. The molecule has 130 valence electrons. The van der Waals surface area contributed by atoms with Gasteiger partial charge in [-0.15, -0.1) is 0 Å². The van der Waals surface area contributed by atoms with Crippen LogP contribution in [0, 0.1) is 0 Å². The topological polar surface area (TPSA) is 93.5 Å². The van der Waals surface area contributed by atoms with E-state index in [1.54, 1.807) is 13.8 Å². The first-order valence-electron chi connectivity index (χ1n) is 7.47. The van der Waals surface area contributed by atoms with Crippen molar-refractivity contribution in [2.45, 2.75) is 77.0 Å². The van der Waals surface area contributed by atoms with Crippen LogP contribution in [0.4, 0.5) is 0 Å². The number of amides is 2. The second-order valence-corrected chi connectivity index (χ2v) is 8.29. The Bertz CT molecular complexity index is 388. The molecular formula is C15H31N3O3S. The molecule has 0 saturated carbocycles. The first kappa shape index (κ1) is 21.2. The molecule has 0 heterocycles. The number of carbonyl (C=O) groups excluding carboxylic acids is 2. The summed E-state index contributed by atoms with van der Waals surface area (Å²) in [6.45, 7) is 13.0. The summed E-state index contributed by atoms with van der Waals surface area (Å²) < 4.78 is 5.13. The highest BCUT2D eigenvalue weighted by molar-refractivity contribution is 7.81. The van der Waals surface area contributed by atoms with Crippen molar-refractivity contribution in [3.8, 4) is 0 Å². The first-order valence-corrected chi connectivity index (χ1v) is 7.91. The molecule has 0 aromatic heterocycles. The summed E-state index contributed by atoms with van der Waals surface area (Å²) in [5.41, 5.74) is 5.48. The second kappa shape index (κ2) is 8.17. The monoisotopic (exact) mass is 333 g/mol. The Hall–Kier alpha value is -0.790. The van der Waals surface area contributed by atoms with Gasteiger partial charge in [0.2, 0.25) is 11.8 Å². The van der Waals surface area contributed by atoms with Crippen molar-refractivity contribution >= 4 is 24.4 Å². The molecule has 0 aliphatic heterocycles. The zero-order chi connectivity index (χ0) is 17.7. The van der Waals surface area contributed by atoms with Crippen molar-refractivity contribution < 1.29 is 14.3 Å². The molecular weight excluding hydrogens is 302 g/mol. The molecule has 3 unspecified atom stereocenters. The van der Waals surface area contributed by atoms with E-state index < -0.39 is 16.7 Å². The molecule has 0 bridgehead atoms. The Labute approximate surface area is 139 Å². The minimum Gasteiger partial charge on any atom is -0.371 e. The smallest absolute Gasteiger partial charge is 0.239 e. The van der Waals surface area contributed by atoms with Crippen LogP contribution in [0.5, 0.6) is 0 Å². The van der Waals surface area contributed by atoms with E-state index in [1.807, 2.05) is 34.6 Å². The van der Waals surface area contributed by atoms with E-state index in [1.165, 1.54) is 0 Å². The minimum atomic E-state index is -0.788. The summed E-state index contributed by atoms with van der Waals surface area (Å²) in [5, 5.41) is 5.31. The molecule has 4 N–H and O–H groups in total. The van der Waals surface area contributed by atoms with Gasteiger partial charge in [0, 0.05) is 4.75 Å². The SMILES string of the molecule is CC(NC(=O)CNC(=O)C(N)C(C)(C)S)C(C)OC(C)(C)C. The van der Waals surface area contributed by atoms with Gasteiger partial charge in [0.05, 0.1) is 30.3 Å². The van der Waals surface area contributed by atoms with Gasteiger partial charge in [-0.1, -0.05) is 0 Å². The molecule has 6 nitrogen and oxygen atoms in total. The van der Waals surface area contributed by atoms with E-state index in [0.717, 1.165) is 0 Å². The van der Waals surface area contributed by atoms with E-state index in [2.05, 4.69) is 23.3 Å². The zero-order valence-electron chi connectivity index (χ0n) is 14.7. The summed E-state index contributed by atoms with van der Waals surface area (Å²) in [4.78, 5) is 23.7. The number of rotatable bonds is 7. The van der Waals surface area contributed by atoms with Crippen molar-refractivity contribution in [3.63, 3.8) is 0 Å². The molecule has 2 amide bonds. The fourth-order valence-corrected chi connectivity index (χ4v) is 1.80. The summed E-state index contributed by atoms with van der Waals surface area (Å²) in [6, 6.07) is -0.956. The molecule has 0 aromatic carbocycles. The van der Waals surface area contributed by atoms with E-state index >= 15 is 0 Å². The highest BCUT2D eigenvalue weighted by Gasteiger charge is 2.28. The molecule has 0 aromatic rings. The lowest BCUT2D eigenvalue weighted by atomic mass is 10.0. The normalized spacial score (nSPS) is 16.6. The van der Waals surface area contributed by atoms with Crippen LogP contribution >= 0.6 is 12.6 Å². The third kappa shape index (κ3) is 8.60. The average Bonchev–Trinajstić information content (AvgIpc) is 2.31. The lowest BCUT2D eigenvalue weighted by molar-refractivity contribution is -0.128. The van der Waals surface area contributed by atoms with Gasteiger partial charge in [-0.05, 0) is 48.5 Å². The van der Waals surface area contributed by atoms with Crippen LogP contribution < -0.4 is 16.4 Å². The van der Waals surface area contributed by atoms with Gasteiger partial charge in [0.1, 0.15) is 0 Å². The van der Waals surface area contributed by atoms with Crippen molar-refractivity contribution in [1.82, 2.24) is 10.6 Å². The Morgan fingerprint density at radius 3 is 2.09 bits per heavy atom. The molecule has 0 saturated heterocycles. The number of nitrogens with one attached hydrogen (secondary N) is 2. The van der Waals surface area contributed by atoms with Gasteiger partial charge in [0.25, 0.3) is 0 Å². The van der Waals surface area contributed by atoms with Gasteiger partial charge in [0.15, 0.2) is 0 Å². The maximum atomic E-state index is 11.9. The summed E-state index contributed by atoms with van der Waals surface area (Å²) in [7, 11) is 0. The van der Waals surface area contributed by atoms with Gasteiger partial charge < -0.3 is 21.1 Å². The number of nitrogens with two attached hydrogens (primary N) is 1. The molecule has 0 aliphatic carbocycles. The van der Waals surface area contributed by atoms with Gasteiger partial charge >= 0.3 is 0 Å².